The number of benzene rings is 2. The molecule has 5 heteroatoms. The summed E-state index contributed by atoms with van der Waals surface area (Å²) in [4.78, 5) is 16.8. The van der Waals surface area contributed by atoms with E-state index in [1.807, 2.05) is 49.4 Å². The highest BCUT2D eigenvalue weighted by atomic mass is 16.5. The minimum absolute atomic E-state index is 0.173. The average molecular weight is 361 g/mol. The van der Waals surface area contributed by atoms with E-state index in [0.29, 0.717) is 18.0 Å². The maximum atomic E-state index is 12.5. The van der Waals surface area contributed by atoms with Gasteiger partial charge in [-0.25, -0.2) is 4.98 Å². The van der Waals surface area contributed by atoms with Crippen LogP contribution in [0.5, 0.6) is 5.75 Å². The number of carbonyl (C=O) groups is 1. The Bertz CT molecular complexity index is 864. The molecule has 0 aliphatic rings. The van der Waals surface area contributed by atoms with Gasteiger partial charge >= 0.3 is 0 Å². The smallest absolute Gasteiger partial charge is 0.255 e. The quantitative estimate of drug-likeness (QED) is 0.625. The van der Waals surface area contributed by atoms with Crippen molar-refractivity contribution in [3.05, 3.63) is 84.1 Å². The van der Waals surface area contributed by atoms with Gasteiger partial charge in [0.25, 0.3) is 5.91 Å². The molecule has 138 valence electrons. The number of nitrogens with one attached hydrogen (secondary N) is 2. The summed E-state index contributed by atoms with van der Waals surface area (Å²) in [6, 6.07) is 21.0. The van der Waals surface area contributed by atoms with Crippen LogP contribution >= 0.6 is 0 Å². The molecular weight excluding hydrogens is 338 g/mol. The van der Waals surface area contributed by atoms with Crippen LogP contribution in [0, 0.1) is 0 Å². The number of carbonyl (C=O) groups excluding carboxylic acids is 1. The molecule has 2 aromatic carbocycles. The van der Waals surface area contributed by atoms with Crippen LogP contribution in [-0.2, 0) is 6.42 Å². The lowest BCUT2D eigenvalue weighted by molar-refractivity contribution is 0.102. The number of nitrogens with zero attached hydrogens (tertiary/aromatic N) is 1. The molecule has 1 heterocycles. The normalized spacial score (nSPS) is 10.3. The lowest BCUT2D eigenvalue weighted by Gasteiger charge is -2.09. The Kier molecular flexibility index (Phi) is 6.41. The van der Waals surface area contributed by atoms with Gasteiger partial charge in [0.1, 0.15) is 11.6 Å². The first-order valence-corrected chi connectivity index (χ1v) is 9.02. The van der Waals surface area contributed by atoms with Crippen LogP contribution in [0.15, 0.2) is 72.9 Å². The molecule has 5 nitrogen and oxygen atoms in total. The molecule has 0 aliphatic carbocycles. The van der Waals surface area contributed by atoms with Crippen molar-refractivity contribution in [3.8, 4) is 5.75 Å². The monoisotopic (exact) mass is 361 g/mol. The van der Waals surface area contributed by atoms with E-state index in [-0.39, 0.29) is 5.91 Å². The Morgan fingerprint density at radius 3 is 2.56 bits per heavy atom. The van der Waals surface area contributed by atoms with E-state index in [1.165, 1.54) is 5.56 Å². The van der Waals surface area contributed by atoms with E-state index in [0.717, 1.165) is 24.4 Å². The van der Waals surface area contributed by atoms with Crippen molar-refractivity contribution in [2.45, 2.75) is 13.3 Å². The number of aromatic nitrogens is 1. The number of rotatable bonds is 8. The molecule has 0 unspecified atom stereocenters. The standard InChI is InChI=1S/C22H23N3O2/c1-2-27-20-10-8-19(9-11-20)25-22(26)18-13-15-24-21(16-18)23-14-12-17-6-4-3-5-7-17/h3-11,13,15-16H,2,12,14H2,1H3,(H,23,24)(H,25,26). The van der Waals surface area contributed by atoms with Crippen molar-refractivity contribution >= 4 is 17.4 Å². The number of anilines is 2. The Balaban J connectivity index is 1.56. The summed E-state index contributed by atoms with van der Waals surface area (Å²) in [6.45, 7) is 3.30. The van der Waals surface area contributed by atoms with Crippen LogP contribution in [0.25, 0.3) is 0 Å². The van der Waals surface area contributed by atoms with Crippen LogP contribution in [0.1, 0.15) is 22.8 Å². The van der Waals surface area contributed by atoms with Gasteiger partial charge in [0.05, 0.1) is 6.61 Å². The van der Waals surface area contributed by atoms with Crippen LogP contribution in [0.3, 0.4) is 0 Å². The average Bonchev–Trinajstić information content (AvgIpc) is 2.71. The molecule has 0 fully saturated rings. The Morgan fingerprint density at radius 2 is 1.81 bits per heavy atom. The third-order valence-corrected chi connectivity index (χ3v) is 4.01. The molecule has 2 N–H and O–H groups in total. The van der Waals surface area contributed by atoms with Crippen molar-refractivity contribution in [3.63, 3.8) is 0 Å². The fourth-order valence-electron chi connectivity index (χ4n) is 2.65. The number of amides is 1. The predicted octanol–water partition coefficient (Wildman–Crippen LogP) is 4.39. The number of pyridine rings is 1. The molecule has 27 heavy (non-hydrogen) atoms. The topological polar surface area (TPSA) is 63.2 Å². The molecule has 1 amide bonds. The van der Waals surface area contributed by atoms with Crippen LogP contribution in [-0.4, -0.2) is 24.0 Å². The summed E-state index contributed by atoms with van der Waals surface area (Å²) >= 11 is 0. The largest absolute Gasteiger partial charge is 0.494 e. The zero-order valence-corrected chi connectivity index (χ0v) is 15.3. The lowest BCUT2D eigenvalue weighted by Crippen LogP contribution is -2.13. The van der Waals surface area contributed by atoms with E-state index in [9.17, 15) is 4.79 Å². The van der Waals surface area contributed by atoms with Crippen LogP contribution in [0.2, 0.25) is 0 Å². The molecule has 0 spiro atoms. The molecule has 0 saturated heterocycles. The Labute approximate surface area is 159 Å². The summed E-state index contributed by atoms with van der Waals surface area (Å²) < 4.78 is 5.41. The van der Waals surface area contributed by atoms with Crippen molar-refractivity contribution in [1.29, 1.82) is 0 Å². The minimum Gasteiger partial charge on any atom is -0.494 e. The van der Waals surface area contributed by atoms with Gasteiger partial charge in [0.15, 0.2) is 0 Å². The molecule has 1 aromatic heterocycles. The highest BCUT2D eigenvalue weighted by Gasteiger charge is 2.08. The molecule has 3 aromatic rings. The van der Waals surface area contributed by atoms with Crippen LogP contribution < -0.4 is 15.4 Å². The fourth-order valence-corrected chi connectivity index (χ4v) is 2.65. The molecular formula is C22H23N3O2. The Hall–Kier alpha value is -3.34. The van der Waals surface area contributed by atoms with Gasteiger partial charge in [0, 0.05) is 24.0 Å². The van der Waals surface area contributed by atoms with Gasteiger partial charge < -0.3 is 15.4 Å². The minimum atomic E-state index is -0.173. The first kappa shape index (κ1) is 18.5. The van der Waals surface area contributed by atoms with E-state index in [2.05, 4.69) is 27.8 Å². The highest BCUT2D eigenvalue weighted by Crippen LogP contribution is 2.17. The second kappa shape index (κ2) is 9.38. The second-order valence-corrected chi connectivity index (χ2v) is 6.00. The van der Waals surface area contributed by atoms with Crippen molar-refractivity contribution < 1.29 is 9.53 Å². The summed E-state index contributed by atoms with van der Waals surface area (Å²) in [5, 5.41) is 6.15. The second-order valence-electron chi connectivity index (χ2n) is 6.00. The molecule has 0 atom stereocenters. The van der Waals surface area contributed by atoms with Crippen molar-refractivity contribution in [1.82, 2.24) is 4.98 Å². The first-order valence-electron chi connectivity index (χ1n) is 9.02. The van der Waals surface area contributed by atoms with Gasteiger partial charge in [-0.3, -0.25) is 4.79 Å². The number of ether oxygens (including phenoxy) is 1. The van der Waals surface area contributed by atoms with Crippen molar-refractivity contribution in [2.24, 2.45) is 0 Å². The number of hydrogen-bond acceptors (Lipinski definition) is 4. The molecule has 0 radical (unpaired) electrons. The predicted molar refractivity (Wildman–Crippen MR) is 108 cm³/mol. The fraction of sp³-hybridized carbons (Fsp3) is 0.182. The van der Waals surface area contributed by atoms with Gasteiger partial charge in [-0.2, -0.15) is 0 Å². The van der Waals surface area contributed by atoms with E-state index >= 15 is 0 Å². The summed E-state index contributed by atoms with van der Waals surface area (Å²) in [7, 11) is 0. The molecule has 0 saturated carbocycles. The first-order chi connectivity index (χ1) is 13.2. The molecule has 0 bridgehead atoms. The van der Waals surface area contributed by atoms with Gasteiger partial charge in [-0.1, -0.05) is 30.3 Å². The SMILES string of the molecule is CCOc1ccc(NC(=O)c2ccnc(NCCc3ccccc3)c2)cc1. The lowest BCUT2D eigenvalue weighted by atomic mass is 10.1. The van der Waals surface area contributed by atoms with E-state index < -0.39 is 0 Å². The third kappa shape index (κ3) is 5.57. The van der Waals surface area contributed by atoms with E-state index in [4.69, 9.17) is 4.74 Å². The van der Waals surface area contributed by atoms with Gasteiger partial charge in [-0.15, -0.1) is 0 Å². The maximum absolute atomic E-state index is 12.5. The van der Waals surface area contributed by atoms with Crippen molar-refractivity contribution in [2.75, 3.05) is 23.8 Å². The number of hydrogen-bond donors (Lipinski definition) is 2. The highest BCUT2D eigenvalue weighted by molar-refractivity contribution is 6.04. The molecule has 0 aliphatic heterocycles. The van der Waals surface area contributed by atoms with E-state index in [1.54, 1.807) is 18.3 Å². The Morgan fingerprint density at radius 1 is 1.04 bits per heavy atom. The summed E-state index contributed by atoms with van der Waals surface area (Å²) in [6.07, 6.45) is 2.53. The summed E-state index contributed by atoms with van der Waals surface area (Å²) in [5.74, 6) is 1.29. The maximum Gasteiger partial charge on any atom is 0.255 e. The van der Waals surface area contributed by atoms with Gasteiger partial charge in [-0.05, 0) is 55.3 Å². The third-order valence-electron chi connectivity index (χ3n) is 4.01. The zero-order chi connectivity index (χ0) is 18.9. The summed E-state index contributed by atoms with van der Waals surface area (Å²) in [5.41, 5.74) is 2.54. The van der Waals surface area contributed by atoms with Crippen LogP contribution in [0.4, 0.5) is 11.5 Å². The van der Waals surface area contributed by atoms with Gasteiger partial charge in [0.2, 0.25) is 0 Å². The zero-order valence-electron chi connectivity index (χ0n) is 15.3. The molecule has 3 rings (SSSR count).